The third kappa shape index (κ3) is 8.79. The maximum atomic E-state index is 14.1. The molecule has 0 radical (unpaired) electrons. The van der Waals surface area contributed by atoms with Gasteiger partial charge in [0.1, 0.15) is 5.82 Å². The third-order valence-electron chi connectivity index (χ3n) is 11.0. The van der Waals surface area contributed by atoms with E-state index in [1.54, 1.807) is 6.07 Å². The Kier molecular flexibility index (Phi) is 11.3. The second-order valence-corrected chi connectivity index (χ2v) is 18.3. The fraction of sp³-hybridized carbons (Fsp3) is 0.512. The molecule has 52 heavy (non-hydrogen) atoms. The van der Waals surface area contributed by atoms with E-state index in [4.69, 9.17) is 19.7 Å². The second kappa shape index (κ2) is 15.6. The van der Waals surface area contributed by atoms with Gasteiger partial charge in [-0.25, -0.2) is 23.1 Å². The molecule has 6 rings (SSSR count). The number of rotatable bonds is 8. The van der Waals surface area contributed by atoms with Crippen LogP contribution in [0.2, 0.25) is 0 Å². The van der Waals surface area contributed by atoms with E-state index in [-0.39, 0.29) is 28.1 Å². The van der Waals surface area contributed by atoms with E-state index in [1.807, 2.05) is 31.2 Å². The van der Waals surface area contributed by atoms with Crippen molar-refractivity contribution in [2.75, 3.05) is 23.3 Å². The third-order valence-corrected chi connectivity index (χ3v) is 12.3. The van der Waals surface area contributed by atoms with Gasteiger partial charge in [0.05, 0.1) is 17.2 Å². The average molecular weight is 724 g/mol. The number of nitrogens with one attached hydrogen (secondary N) is 1. The van der Waals surface area contributed by atoms with Crippen molar-refractivity contribution in [2.45, 2.75) is 117 Å². The summed E-state index contributed by atoms with van der Waals surface area (Å²) in [6.07, 6.45) is 8.79. The monoisotopic (exact) mass is 723 g/mol. The first-order valence-electron chi connectivity index (χ1n) is 19.1. The number of ether oxygens (including phenoxy) is 1. The fourth-order valence-electron chi connectivity index (χ4n) is 8.07. The molecule has 278 valence electrons. The molecule has 9 heteroatoms. The Balaban J connectivity index is 1.47. The molecule has 2 aromatic heterocycles. The number of pyridine rings is 1. The molecule has 0 saturated heterocycles. The van der Waals surface area contributed by atoms with Crippen LogP contribution in [0.15, 0.2) is 65.6 Å². The Morgan fingerprint density at radius 3 is 2.38 bits per heavy atom. The van der Waals surface area contributed by atoms with Crippen molar-refractivity contribution in [3.63, 3.8) is 0 Å². The van der Waals surface area contributed by atoms with E-state index in [9.17, 15) is 8.42 Å². The summed E-state index contributed by atoms with van der Waals surface area (Å²) in [7, 11) is -1.97. The van der Waals surface area contributed by atoms with Crippen molar-refractivity contribution in [1.29, 1.82) is 0 Å². The standard InChI is InChI=1S/C43H57N5O3S/c1-28(2)48(8)38-22-14-20-35(44-38)25-37-32-18-13-21-36(24-32)52(49,50)47-42-45-40(30(4)41(46-42)51-27-34(37)26-43(5,6)7)39-29(3)15-12-19-33(39)23-31-16-10-9-11-17-31/h12-15,18-22,24,28,31,34,37H,9-11,16-17,23,25-27H2,1-8H3,(H,45,46,47)/t34-,37?/m1/s1. The summed E-state index contributed by atoms with van der Waals surface area (Å²) in [4.78, 5) is 17.1. The number of hydrogen-bond donors (Lipinski definition) is 1. The summed E-state index contributed by atoms with van der Waals surface area (Å²) in [6, 6.07) is 20.3. The lowest BCUT2D eigenvalue weighted by Gasteiger charge is -2.33. The van der Waals surface area contributed by atoms with Gasteiger partial charge in [0, 0.05) is 35.8 Å². The van der Waals surface area contributed by atoms with Gasteiger partial charge in [-0.2, -0.15) is 4.98 Å². The lowest BCUT2D eigenvalue weighted by molar-refractivity contribution is 0.165. The molecule has 1 fully saturated rings. The van der Waals surface area contributed by atoms with Crippen molar-refractivity contribution in [3.8, 4) is 17.1 Å². The molecule has 1 unspecified atom stereocenters. The van der Waals surface area contributed by atoms with Crippen molar-refractivity contribution in [3.05, 3.63) is 88.6 Å². The largest absolute Gasteiger partial charge is 0.477 e. The highest BCUT2D eigenvalue weighted by Crippen LogP contribution is 2.41. The van der Waals surface area contributed by atoms with Crippen molar-refractivity contribution < 1.29 is 13.2 Å². The predicted octanol–water partition coefficient (Wildman–Crippen LogP) is 9.69. The van der Waals surface area contributed by atoms with E-state index in [2.05, 4.69) is 88.5 Å². The lowest BCUT2D eigenvalue weighted by atomic mass is 9.74. The maximum Gasteiger partial charge on any atom is 0.264 e. The zero-order valence-corrected chi connectivity index (χ0v) is 33.2. The molecule has 0 amide bonds. The average Bonchev–Trinajstić information content (AvgIpc) is 3.10. The first-order chi connectivity index (χ1) is 24.7. The van der Waals surface area contributed by atoms with E-state index >= 15 is 0 Å². The summed E-state index contributed by atoms with van der Waals surface area (Å²) >= 11 is 0. The first-order valence-corrected chi connectivity index (χ1v) is 20.6. The molecule has 8 nitrogen and oxygen atoms in total. The molecule has 2 atom stereocenters. The van der Waals surface area contributed by atoms with E-state index < -0.39 is 10.0 Å². The molecule has 4 bridgehead atoms. The smallest absolute Gasteiger partial charge is 0.264 e. The Hall–Kier alpha value is -3.98. The summed E-state index contributed by atoms with van der Waals surface area (Å²) in [5.74, 6) is 1.94. The van der Waals surface area contributed by atoms with Gasteiger partial charge in [-0.3, -0.25) is 0 Å². The van der Waals surface area contributed by atoms with Gasteiger partial charge < -0.3 is 9.64 Å². The second-order valence-electron chi connectivity index (χ2n) is 16.7. The van der Waals surface area contributed by atoms with Gasteiger partial charge >= 0.3 is 0 Å². The molecule has 0 spiro atoms. The summed E-state index contributed by atoms with van der Waals surface area (Å²) in [5.41, 5.74) is 6.81. The Labute approximate surface area is 311 Å². The number of fused-ring (bicyclic) bond motifs is 4. The maximum absolute atomic E-state index is 14.1. The SMILES string of the molecule is Cc1cccc(CC2CCCCC2)c1-c1nc2nc(c1C)OC[C@@H](CC(C)(C)C)C(Cc1cccc(N(C)C(C)C)n1)c1cccc(c1)S(=O)(=O)N2. The minimum Gasteiger partial charge on any atom is -0.477 e. The summed E-state index contributed by atoms with van der Waals surface area (Å²) in [6.45, 7) is 15.6. The molecule has 2 aliphatic rings. The molecule has 2 aromatic carbocycles. The van der Waals surface area contributed by atoms with E-state index in [0.29, 0.717) is 30.9 Å². The van der Waals surface area contributed by atoms with Gasteiger partial charge in [-0.15, -0.1) is 0 Å². The lowest BCUT2D eigenvalue weighted by Crippen LogP contribution is -2.29. The summed E-state index contributed by atoms with van der Waals surface area (Å²) in [5, 5.41) is 0. The van der Waals surface area contributed by atoms with Crippen molar-refractivity contribution in [1.82, 2.24) is 15.0 Å². The molecule has 1 saturated carbocycles. The molecule has 1 N–H and O–H groups in total. The Bertz CT molecular complexity index is 1980. The zero-order valence-electron chi connectivity index (χ0n) is 32.4. The van der Waals surface area contributed by atoms with Crippen LogP contribution in [0, 0.1) is 31.1 Å². The van der Waals surface area contributed by atoms with Crippen LogP contribution in [-0.2, 0) is 22.9 Å². The van der Waals surface area contributed by atoms with Crippen LogP contribution in [-0.4, -0.2) is 43.1 Å². The van der Waals surface area contributed by atoms with Gasteiger partial charge in [-0.05, 0) is 105 Å². The van der Waals surface area contributed by atoms with Crippen LogP contribution in [0.1, 0.15) is 107 Å². The highest BCUT2D eigenvalue weighted by Gasteiger charge is 2.32. The van der Waals surface area contributed by atoms with Gasteiger partial charge in [-0.1, -0.05) is 89.3 Å². The normalized spacial score (nSPS) is 19.2. The van der Waals surface area contributed by atoms with Crippen LogP contribution < -0.4 is 14.4 Å². The topological polar surface area (TPSA) is 97.3 Å². The number of benzene rings is 2. The number of nitrogens with zero attached hydrogens (tertiary/aromatic N) is 4. The Morgan fingerprint density at radius 1 is 0.923 bits per heavy atom. The summed E-state index contributed by atoms with van der Waals surface area (Å²) < 4.78 is 37.8. The predicted molar refractivity (Wildman–Crippen MR) is 212 cm³/mol. The van der Waals surface area contributed by atoms with Gasteiger partial charge in [0.25, 0.3) is 10.0 Å². The van der Waals surface area contributed by atoms with Gasteiger partial charge in [0.15, 0.2) is 0 Å². The minimum absolute atomic E-state index is 0.0199. The number of aryl methyl sites for hydroxylation is 1. The number of anilines is 2. The van der Waals surface area contributed by atoms with E-state index in [0.717, 1.165) is 52.3 Å². The highest BCUT2D eigenvalue weighted by atomic mass is 32.2. The van der Waals surface area contributed by atoms with Crippen LogP contribution in [0.3, 0.4) is 0 Å². The number of sulfonamides is 1. The van der Waals surface area contributed by atoms with Crippen LogP contribution in [0.4, 0.5) is 11.8 Å². The van der Waals surface area contributed by atoms with Crippen molar-refractivity contribution >= 4 is 21.8 Å². The molecule has 3 heterocycles. The van der Waals surface area contributed by atoms with Gasteiger partial charge in [0.2, 0.25) is 11.8 Å². The Morgan fingerprint density at radius 2 is 1.65 bits per heavy atom. The number of hydrogen-bond acceptors (Lipinski definition) is 7. The number of aromatic nitrogens is 3. The van der Waals surface area contributed by atoms with Crippen molar-refractivity contribution in [2.24, 2.45) is 17.3 Å². The van der Waals surface area contributed by atoms with E-state index in [1.165, 1.54) is 37.7 Å². The van der Waals surface area contributed by atoms with Crippen LogP contribution >= 0.6 is 0 Å². The molecular formula is C43H57N5O3S. The molecule has 1 aliphatic carbocycles. The van der Waals surface area contributed by atoms with Crippen LogP contribution in [0.5, 0.6) is 5.88 Å². The first kappa shape index (κ1) is 37.8. The highest BCUT2D eigenvalue weighted by molar-refractivity contribution is 7.92. The minimum atomic E-state index is -4.03. The molecule has 1 aliphatic heterocycles. The van der Waals surface area contributed by atoms with Crippen LogP contribution in [0.25, 0.3) is 11.3 Å². The molecule has 4 aromatic rings. The molecular weight excluding hydrogens is 667 g/mol. The zero-order chi connectivity index (χ0) is 37.2. The quantitative estimate of drug-likeness (QED) is 0.193. The fourth-order valence-corrected chi connectivity index (χ4v) is 9.07.